The van der Waals surface area contributed by atoms with E-state index in [1.165, 1.54) is 6.33 Å². The first kappa shape index (κ1) is 17.9. The highest BCUT2D eigenvalue weighted by molar-refractivity contribution is 5.93. The van der Waals surface area contributed by atoms with E-state index < -0.39 is 0 Å². The van der Waals surface area contributed by atoms with Crippen molar-refractivity contribution in [2.45, 2.75) is 12.8 Å². The van der Waals surface area contributed by atoms with Crippen LogP contribution >= 0.6 is 0 Å². The first-order valence-corrected chi connectivity index (χ1v) is 9.11. The Bertz CT molecular complexity index is 910. The predicted molar refractivity (Wildman–Crippen MR) is 104 cm³/mol. The number of piperidine rings is 1. The number of benzene rings is 1. The molecule has 4 rings (SSSR count). The van der Waals surface area contributed by atoms with Crippen LogP contribution in [0.25, 0.3) is 5.82 Å². The molecule has 28 heavy (non-hydrogen) atoms. The smallest absolute Gasteiger partial charge is 0.229 e. The summed E-state index contributed by atoms with van der Waals surface area (Å²) in [7, 11) is 1.62. The zero-order valence-electron chi connectivity index (χ0n) is 15.5. The number of methoxy groups -OCH3 is 1. The molecule has 1 amide bonds. The molecule has 1 unspecified atom stereocenters. The van der Waals surface area contributed by atoms with Crippen molar-refractivity contribution < 1.29 is 9.53 Å². The highest BCUT2D eigenvalue weighted by Crippen LogP contribution is 2.23. The molecule has 0 aliphatic carbocycles. The third-order valence-corrected chi connectivity index (χ3v) is 4.76. The Balaban J connectivity index is 1.40. The molecule has 9 nitrogen and oxygen atoms in total. The van der Waals surface area contributed by atoms with E-state index in [-0.39, 0.29) is 11.8 Å². The minimum Gasteiger partial charge on any atom is -0.497 e. The molecule has 1 aromatic carbocycles. The number of carbonyl (C=O) groups is 1. The van der Waals surface area contributed by atoms with Gasteiger partial charge in [0, 0.05) is 18.8 Å². The fourth-order valence-electron chi connectivity index (χ4n) is 3.25. The molecule has 2 aromatic heterocycles. The van der Waals surface area contributed by atoms with Crippen LogP contribution in [0, 0.1) is 5.92 Å². The quantitative estimate of drug-likeness (QED) is 0.723. The van der Waals surface area contributed by atoms with Crippen molar-refractivity contribution in [3.63, 3.8) is 0 Å². The summed E-state index contributed by atoms with van der Waals surface area (Å²) in [5, 5.41) is 15.5. The number of hydrogen-bond acceptors (Lipinski definition) is 7. The maximum Gasteiger partial charge on any atom is 0.229 e. The van der Waals surface area contributed by atoms with Crippen molar-refractivity contribution in [1.29, 1.82) is 0 Å². The molecule has 0 saturated carbocycles. The van der Waals surface area contributed by atoms with Crippen LogP contribution in [-0.4, -0.2) is 51.1 Å². The van der Waals surface area contributed by atoms with E-state index in [1.54, 1.807) is 18.1 Å². The Morgan fingerprint density at radius 3 is 2.61 bits per heavy atom. The molecule has 3 heterocycles. The topological polar surface area (TPSA) is 98.1 Å². The zero-order chi connectivity index (χ0) is 19.3. The fraction of sp³-hybridized carbons (Fsp3) is 0.316. The lowest BCUT2D eigenvalue weighted by Gasteiger charge is -2.32. The number of amides is 1. The van der Waals surface area contributed by atoms with Crippen LogP contribution in [0.2, 0.25) is 0 Å². The van der Waals surface area contributed by atoms with Crippen molar-refractivity contribution in [1.82, 2.24) is 25.0 Å². The average Bonchev–Trinajstić information content (AvgIpc) is 3.29. The molecule has 3 aromatic rings. The number of aromatic nitrogens is 5. The van der Waals surface area contributed by atoms with Gasteiger partial charge in [-0.05, 0) is 49.2 Å². The van der Waals surface area contributed by atoms with Gasteiger partial charge in [-0.15, -0.1) is 10.2 Å². The summed E-state index contributed by atoms with van der Waals surface area (Å²) < 4.78 is 6.70. The van der Waals surface area contributed by atoms with E-state index in [0.717, 1.165) is 36.6 Å². The normalized spacial score (nSPS) is 16.6. The minimum atomic E-state index is -0.104. The first-order valence-electron chi connectivity index (χ1n) is 9.11. The van der Waals surface area contributed by atoms with Gasteiger partial charge in [-0.3, -0.25) is 4.79 Å². The van der Waals surface area contributed by atoms with Crippen LogP contribution < -0.4 is 15.0 Å². The molecule has 9 heteroatoms. The third kappa shape index (κ3) is 3.93. The summed E-state index contributed by atoms with van der Waals surface area (Å²) in [6, 6.07) is 11.1. The van der Waals surface area contributed by atoms with E-state index in [2.05, 4.69) is 30.5 Å². The van der Waals surface area contributed by atoms with Gasteiger partial charge in [0.25, 0.3) is 0 Å². The Labute approximate surface area is 162 Å². The maximum atomic E-state index is 12.7. The van der Waals surface area contributed by atoms with Crippen LogP contribution in [-0.2, 0) is 4.79 Å². The molecule has 1 atom stereocenters. The Kier molecular flexibility index (Phi) is 5.14. The number of rotatable bonds is 5. The van der Waals surface area contributed by atoms with Crippen molar-refractivity contribution in [2.75, 3.05) is 30.4 Å². The second-order valence-electron chi connectivity index (χ2n) is 6.59. The van der Waals surface area contributed by atoms with Crippen LogP contribution in [0.1, 0.15) is 12.8 Å². The summed E-state index contributed by atoms with van der Waals surface area (Å²) in [5.74, 6) is 2.03. The molecule has 0 radical (unpaired) electrons. The summed E-state index contributed by atoms with van der Waals surface area (Å²) in [6.45, 7) is 1.46. The Morgan fingerprint density at radius 2 is 1.93 bits per heavy atom. The first-order chi connectivity index (χ1) is 13.7. The van der Waals surface area contributed by atoms with Crippen LogP contribution in [0.15, 0.2) is 49.1 Å². The molecule has 1 aliphatic heterocycles. The average molecular weight is 379 g/mol. The van der Waals surface area contributed by atoms with Crippen LogP contribution in [0.3, 0.4) is 0 Å². The van der Waals surface area contributed by atoms with E-state index in [0.29, 0.717) is 12.4 Å². The van der Waals surface area contributed by atoms with E-state index in [9.17, 15) is 4.79 Å². The van der Waals surface area contributed by atoms with Gasteiger partial charge in [-0.2, -0.15) is 5.10 Å². The summed E-state index contributed by atoms with van der Waals surface area (Å²) in [5.41, 5.74) is 0.764. The van der Waals surface area contributed by atoms with E-state index in [4.69, 9.17) is 4.74 Å². The Morgan fingerprint density at radius 1 is 1.14 bits per heavy atom. The summed E-state index contributed by atoms with van der Waals surface area (Å²) >= 11 is 0. The highest BCUT2D eigenvalue weighted by Gasteiger charge is 2.27. The lowest BCUT2D eigenvalue weighted by atomic mass is 9.97. The number of nitrogens with zero attached hydrogens (tertiary/aromatic N) is 6. The van der Waals surface area contributed by atoms with Crippen molar-refractivity contribution in [3.8, 4) is 11.6 Å². The molecule has 144 valence electrons. The second kappa shape index (κ2) is 8.03. The van der Waals surface area contributed by atoms with E-state index in [1.807, 2.05) is 36.4 Å². The summed E-state index contributed by atoms with van der Waals surface area (Å²) in [6.07, 6.45) is 4.80. The van der Waals surface area contributed by atoms with Gasteiger partial charge in [0.1, 0.15) is 18.4 Å². The molecular formula is C19H21N7O2. The molecule has 1 N–H and O–H groups in total. The van der Waals surface area contributed by atoms with Gasteiger partial charge < -0.3 is 15.0 Å². The van der Waals surface area contributed by atoms with Gasteiger partial charge in [-0.25, -0.2) is 9.67 Å². The number of hydrogen-bond donors (Lipinski definition) is 1. The minimum absolute atomic E-state index is 0.0158. The number of nitrogens with one attached hydrogen (secondary N) is 1. The number of anilines is 2. The summed E-state index contributed by atoms with van der Waals surface area (Å²) in [4.78, 5) is 18.7. The number of ether oxygens (including phenoxy) is 1. The van der Waals surface area contributed by atoms with Crippen LogP contribution in [0.4, 0.5) is 11.5 Å². The fourth-order valence-corrected chi connectivity index (χ4v) is 3.25. The maximum absolute atomic E-state index is 12.7. The van der Waals surface area contributed by atoms with Gasteiger partial charge in [0.05, 0.1) is 13.0 Å². The monoisotopic (exact) mass is 379 g/mol. The molecular weight excluding hydrogens is 358 g/mol. The largest absolute Gasteiger partial charge is 0.497 e. The molecule has 0 bridgehead atoms. The van der Waals surface area contributed by atoms with Gasteiger partial charge in [0.15, 0.2) is 11.6 Å². The number of carbonyl (C=O) groups excluding carboxylic acids is 1. The van der Waals surface area contributed by atoms with Gasteiger partial charge >= 0.3 is 0 Å². The molecule has 1 fully saturated rings. The van der Waals surface area contributed by atoms with Gasteiger partial charge in [0.2, 0.25) is 5.91 Å². The highest BCUT2D eigenvalue weighted by atomic mass is 16.5. The lowest BCUT2D eigenvalue weighted by Crippen LogP contribution is -2.41. The molecule has 0 spiro atoms. The van der Waals surface area contributed by atoms with Crippen molar-refractivity contribution in [2.24, 2.45) is 5.92 Å². The molecule has 1 aliphatic rings. The Hall–Kier alpha value is -3.49. The predicted octanol–water partition coefficient (Wildman–Crippen LogP) is 1.92. The zero-order valence-corrected chi connectivity index (χ0v) is 15.5. The third-order valence-electron chi connectivity index (χ3n) is 4.76. The SMILES string of the molecule is COc1ccc(NC(=O)C2CCCN(c3ccc(-n4cncn4)nn3)C2)cc1. The van der Waals surface area contributed by atoms with Crippen LogP contribution in [0.5, 0.6) is 5.75 Å². The van der Waals surface area contributed by atoms with E-state index >= 15 is 0 Å². The van der Waals surface area contributed by atoms with Gasteiger partial charge in [-0.1, -0.05) is 0 Å². The second-order valence-corrected chi connectivity index (χ2v) is 6.59. The lowest BCUT2D eigenvalue weighted by molar-refractivity contribution is -0.120. The van der Waals surface area contributed by atoms with Crippen molar-refractivity contribution >= 4 is 17.4 Å². The standard InChI is InChI=1S/C19H21N7O2/c1-28-16-6-4-15(5-7-16)22-19(27)14-3-2-10-25(11-14)17-8-9-18(24-23-17)26-13-20-12-21-26/h4-9,12-14H,2-3,10-11H2,1H3,(H,22,27). The molecule has 1 saturated heterocycles. The van der Waals surface area contributed by atoms with Crippen molar-refractivity contribution in [3.05, 3.63) is 49.1 Å².